The van der Waals surface area contributed by atoms with E-state index in [2.05, 4.69) is 15.2 Å². The van der Waals surface area contributed by atoms with E-state index in [1.807, 2.05) is 68.7 Å². The number of anilines is 1. The monoisotopic (exact) mass is 347 g/mol. The number of carbonyl (C=O) groups excluding carboxylic acids is 1. The van der Waals surface area contributed by atoms with Gasteiger partial charge < -0.3 is 19.9 Å². The lowest BCUT2D eigenvalue weighted by Crippen LogP contribution is -2.19. The summed E-state index contributed by atoms with van der Waals surface area (Å²) in [5.41, 5.74) is 4.38. The Morgan fingerprint density at radius 2 is 1.96 bits per heavy atom. The maximum Gasteiger partial charge on any atom is 0.256 e. The molecule has 0 fully saturated rings. The number of benzene rings is 2. The van der Waals surface area contributed by atoms with Crippen molar-refractivity contribution in [2.45, 2.75) is 0 Å². The van der Waals surface area contributed by atoms with Crippen molar-refractivity contribution in [1.29, 1.82) is 0 Å². The Morgan fingerprint density at radius 3 is 2.81 bits per heavy atom. The average Bonchev–Trinajstić information content (AvgIpc) is 3.15. The third-order valence-corrected chi connectivity index (χ3v) is 4.43. The number of fused-ring (bicyclic) bond motifs is 2. The minimum Gasteiger partial charge on any atom is -0.492 e. The average molecular weight is 347 g/mol. The number of hydrogen-bond donors (Lipinski definition) is 2. The molecule has 0 aliphatic carbocycles. The highest BCUT2D eigenvalue weighted by molar-refractivity contribution is 6.34. The Labute approximate surface area is 152 Å². The summed E-state index contributed by atoms with van der Waals surface area (Å²) in [7, 11) is 4.05. The number of ether oxygens (including phenoxy) is 1. The predicted octanol–water partition coefficient (Wildman–Crippen LogP) is 3.60. The van der Waals surface area contributed by atoms with Crippen LogP contribution < -0.4 is 10.1 Å². The Balaban J connectivity index is 1.61. The normalized spacial score (nSPS) is 14.9. The first kappa shape index (κ1) is 16.4. The Morgan fingerprint density at radius 1 is 1.12 bits per heavy atom. The van der Waals surface area contributed by atoms with E-state index in [0.29, 0.717) is 12.2 Å². The van der Waals surface area contributed by atoms with Crippen LogP contribution in [0.25, 0.3) is 22.6 Å². The van der Waals surface area contributed by atoms with Gasteiger partial charge in [0.05, 0.1) is 5.57 Å². The van der Waals surface area contributed by atoms with Crippen LogP contribution in [0.3, 0.4) is 0 Å². The van der Waals surface area contributed by atoms with E-state index in [9.17, 15) is 4.79 Å². The third-order valence-electron chi connectivity index (χ3n) is 4.43. The predicted molar refractivity (Wildman–Crippen MR) is 105 cm³/mol. The summed E-state index contributed by atoms with van der Waals surface area (Å²) in [6, 6.07) is 15.8. The van der Waals surface area contributed by atoms with Gasteiger partial charge in [0, 0.05) is 34.4 Å². The van der Waals surface area contributed by atoms with Crippen LogP contribution in [0.15, 0.2) is 48.5 Å². The summed E-state index contributed by atoms with van der Waals surface area (Å²) in [4.78, 5) is 17.7. The zero-order chi connectivity index (χ0) is 18.1. The van der Waals surface area contributed by atoms with Crippen LogP contribution in [0, 0.1) is 0 Å². The van der Waals surface area contributed by atoms with E-state index in [0.717, 1.165) is 40.1 Å². The maximum atomic E-state index is 12.3. The van der Waals surface area contributed by atoms with Gasteiger partial charge in [-0.2, -0.15) is 0 Å². The Hall–Kier alpha value is -3.05. The summed E-state index contributed by atoms with van der Waals surface area (Å²) in [5, 5.41) is 3.96. The molecule has 1 aliphatic heterocycles. The summed E-state index contributed by atoms with van der Waals surface area (Å²) < 4.78 is 5.80. The number of nitrogens with zero attached hydrogens (tertiary/aromatic N) is 1. The fraction of sp³-hybridized carbons (Fsp3) is 0.190. The molecule has 2 heterocycles. The van der Waals surface area contributed by atoms with Gasteiger partial charge in [-0.3, -0.25) is 4.79 Å². The topological polar surface area (TPSA) is 57.4 Å². The minimum absolute atomic E-state index is 0.0717. The molecule has 0 atom stereocenters. The Kier molecular flexibility index (Phi) is 4.22. The zero-order valence-electron chi connectivity index (χ0n) is 14.9. The number of para-hydroxylation sites is 1. The van der Waals surface area contributed by atoms with Gasteiger partial charge in [0.2, 0.25) is 0 Å². The molecular weight excluding hydrogens is 326 g/mol. The van der Waals surface area contributed by atoms with Gasteiger partial charge in [0.15, 0.2) is 0 Å². The number of hydrogen-bond acceptors (Lipinski definition) is 3. The third kappa shape index (κ3) is 3.21. The number of aromatic amines is 1. The van der Waals surface area contributed by atoms with Gasteiger partial charge in [-0.25, -0.2) is 0 Å². The molecule has 2 aromatic carbocycles. The molecule has 3 aromatic rings. The number of H-pyrrole nitrogens is 1. The molecule has 132 valence electrons. The van der Waals surface area contributed by atoms with E-state index in [1.165, 1.54) is 0 Å². The molecular formula is C21H21N3O2. The molecule has 0 saturated heterocycles. The van der Waals surface area contributed by atoms with Crippen molar-refractivity contribution in [3.05, 3.63) is 59.8 Å². The van der Waals surface area contributed by atoms with Crippen molar-refractivity contribution >= 4 is 34.1 Å². The van der Waals surface area contributed by atoms with Crippen LogP contribution in [-0.4, -0.2) is 43.0 Å². The van der Waals surface area contributed by atoms with Crippen molar-refractivity contribution < 1.29 is 9.53 Å². The first-order valence-electron chi connectivity index (χ1n) is 8.63. The lowest BCUT2D eigenvalue weighted by atomic mass is 10.1. The SMILES string of the molecule is CN(C)CCOc1ccc2[nH]c(/C=C3\C(=O)Nc4ccccc43)cc2c1. The molecule has 26 heavy (non-hydrogen) atoms. The van der Waals surface area contributed by atoms with Crippen LogP contribution in [0.4, 0.5) is 5.69 Å². The highest BCUT2D eigenvalue weighted by Crippen LogP contribution is 2.33. The van der Waals surface area contributed by atoms with Gasteiger partial charge in [0.25, 0.3) is 5.91 Å². The van der Waals surface area contributed by atoms with Gasteiger partial charge in [0.1, 0.15) is 12.4 Å². The van der Waals surface area contributed by atoms with Crippen molar-refractivity contribution in [3.8, 4) is 5.75 Å². The van der Waals surface area contributed by atoms with Crippen LogP contribution in [0.1, 0.15) is 11.3 Å². The van der Waals surface area contributed by atoms with Gasteiger partial charge in [-0.1, -0.05) is 18.2 Å². The van der Waals surface area contributed by atoms with Crippen molar-refractivity contribution in [2.75, 3.05) is 32.6 Å². The van der Waals surface area contributed by atoms with Gasteiger partial charge >= 0.3 is 0 Å². The standard InChI is InChI=1S/C21H21N3O2/c1-24(2)9-10-26-16-7-8-19-14(12-16)11-15(22-19)13-18-17-5-3-4-6-20(17)23-21(18)25/h3-8,11-13,22H,9-10H2,1-2H3,(H,23,25)/b18-13-. The molecule has 0 bridgehead atoms. The summed E-state index contributed by atoms with van der Waals surface area (Å²) in [5.74, 6) is 0.777. The number of nitrogens with one attached hydrogen (secondary N) is 2. The van der Waals surface area contributed by atoms with Crippen molar-refractivity contribution in [3.63, 3.8) is 0 Å². The molecule has 1 aromatic heterocycles. The first-order valence-corrected chi connectivity index (χ1v) is 8.63. The van der Waals surface area contributed by atoms with Crippen LogP contribution in [0.2, 0.25) is 0 Å². The number of aromatic nitrogens is 1. The minimum atomic E-state index is -0.0717. The molecule has 2 N–H and O–H groups in total. The van der Waals surface area contributed by atoms with E-state index in [-0.39, 0.29) is 5.91 Å². The highest BCUT2D eigenvalue weighted by atomic mass is 16.5. The molecule has 0 saturated carbocycles. The zero-order valence-corrected chi connectivity index (χ0v) is 14.9. The maximum absolute atomic E-state index is 12.3. The first-order chi connectivity index (χ1) is 12.6. The lowest BCUT2D eigenvalue weighted by Gasteiger charge is -2.10. The van der Waals surface area contributed by atoms with Crippen molar-refractivity contribution in [2.24, 2.45) is 0 Å². The van der Waals surface area contributed by atoms with Crippen LogP contribution in [-0.2, 0) is 4.79 Å². The quantitative estimate of drug-likeness (QED) is 0.693. The number of amides is 1. The number of rotatable bonds is 5. The van der Waals surface area contributed by atoms with E-state index < -0.39 is 0 Å². The number of carbonyl (C=O) groups is 1. The largest absolute Gasteiger partial charge is 0.492 e. The molecule has 0 unspecified atom stereocenters. The molecule has 0 radical (unpaired) electrons. The molecule has 5 nitrogen and oxygen atoms in total. The summed E-state index contributed by atoms with van der Waals surface area (Å²) >= 11 is 0. The van der Waals surface area contributed by atoms with Gasteiger partial charge in [-0.05, 0) is 50.5 Å². The fourth-order valence-electron chi connectivity index (χ4n) is 3.08. The second kappa shape index (κ2) is 6.69. The molecule has 1 aliphatic rings. The summed E-state index contributed by atoms with van der Waals surface area (Å²) in [6.07, 6.45) is 1.90. The van der Waals surface area contributed by atoms with Crippen molar-refractivity contribution in [1.82, 2.24) is 9.88 Å². The van der Waals surface area contributed by atoms with E-state index in [4.69, 9.17) is 4.74 Å². The fourth-order valence-corrected chi connectivity index (χ4v) is 3.08. The highest BCUT2D eigenvalue weighted by Gasteiger charge is 2.23. The second-order valence-corrected chi connectivity index (χ2v) is 6.68. The van der Waals surface area contributed by atoms with Gasteiger partial charge in [-0.15, -0.1) is 0 Å². The molecule has 1 amide bonds. The molecule has 5 heteroatoms. The lowest BCUT2D eigenvalue weighted by molar-refractivity contribution is -0.110. The second-order valence-electron chi connectivity index (χ2n) is 6.68. The molecule has 4 rings (SSSR count). The Bertz CT molecular complexity index is 1000. The van der Waals surface area contributed by atoms with E-state index >= 15 is 0 Å². The smallest absolute Gasteiger partial charge is 0.256 e. The van der Waals surface area contributed by atoms with Crippen LogP contribution >= 0.6 is 0 Å². The van der Waals surface area contributed by atoms with Crippen LogP contribution in [0.5, 0.6) is 5.75 Å². The summed E-state index contributed by atoms with van der Waals surface area (Å²) in [6.45, 7) is 1.52. The number of likely N-dealkylation sites (N-methyl/N-ethyl adjacent to an activating group) is 1. The van der Waals surface area contributed by atoms with E-state index in [1.54, 1.807) is 0 Å². The molecule has 0 spiro atoms.